The van der Waals surface area contributed by atoms with Crippen molar-refractivity contribution in [3.63, 3.8) is 0 Å². The summed E-state index contributed by atoms with van der Waals surface area (Å²) >= 11 is 0. The largest absolute Gasteiger partial charge is 0.340 e. The Bertz CT molecular complexity index is 432. The van der Waals surface area contributed by atoms with Gasteiger partial charge in [-0.2, -0.15) is 0 Å². The average Bonchev–Trinajstić information content (AvgIpc) is 3.18. The Balaban J connectivity index is 1.81. The summed E-state index contributed by atoms with van der Waals surface area (Å²) in [6.07, 6.45) is 5.50. The minimum absolute atomic E-state index is 0.0184. The molecule has 0 aromatic carbocycles. The van der Waals surface area contributed by atoms with E-state index in [0.29, 0.717) is 11.8 Å². The Hall–Kier alpha value is -1.06. The quantitative estimate of drug-likeness (QED) is 0.839. The number of carbonyl (C=O) groups excluding carboxylic acids is 2. The first-order chi connectivity index (χ1) is 9.41. The summed E-state index contributed by atoms with van der Waals surface area (Å²) in [5.74, 6) is 1.76. The highest BCUT2D eigenvalue weighted by atomic mass is 16.2. The van der Waals surface area contributed by atoms with Gasteiger partial charge in [0.1, 0.15) is 5.54 Å². The fraction of sp³-hybridized carbons (Fsp3) is 0.875. The zero-order valence-electron chi connectivity index (χ0n) is 12.8. The van der Waals surface area contributed by atoms with Crippen LogP contribution in [0.15, 0.2) is 0 Å². The molecule has 0 bridgehead atoms. The number of hydrogen-bond donors (Lipinski definition) is 1. The van der Waals surface area contributed by atoms with Gasteiger partial charge in [-0.1, -0.05) is 13.8 Å². The first kappa shape index (κ1) is 13.9. The zero-order valence-corrected chi connectivity index (χ0v) is 12.8. The Morgan fingerprint density at radius 2 is 1.85 bits per heavy atom. The van der Waals surface area contributed by atoms with E-state index in [-0.39, 0.29) is 24.4 Å². The molecule has 0 aromatic rings. The van der Waals surface area contributed by atoms with E-state index in [0.717, 1.165) is 31.6 Å². The molecular formula is C16H26N2O2. The highest BCUT2D eigenvalue weighted by molar-refractivity contribution is 5.98. The number of piperazine rings is 1. The molecule has 112 valence electrons. The number of nitrogens with one attached hydrogen (secondary N) is 1. The van der Waals surface area contributed by atoms with Crippen molar-refractivity contribution in [2.24, 2.45) is 17.8 Å². The predicted octanol–water partition coefficient (Wildman–Crippen LogP) is 1.94. The highest BCUT2D eigenvalue weighted by Crippen LogP contribution is 2.43. The summed E-state index contributed by atoms with van der Waals surface area (Å²) in [6.45, 7) is 6.69. The smallest absolute Gasteiger partial charge is 0.249 e. The third kappa shape index (κ3) is 2.23. The fourth-order valence-electron chi connectivity index (χ4n) is 4.23. The Morgan fingerprint density at radius 1 is 1.15 bits per heavy atom. The SMILES string of the molecule is CC1CCC(N2CC(=O)NC(C)(C3CC3)C2=O)C(C)C1. The van der Waals surface area contributed by atoms with E-state index in [1.807, 2.05) is 11.8 Å². The summed E-state index contributed by atoms with van der Waals surface area (Å²) in [4.78, 5) is 26.9. The van der Waals surface area contributed by atoms with Gasteiger partial charge >= 0.3 is 0 Å². The van der Waals surface area contributed by atoms with Crippen LogP contribution in [0.2, 0.25) is 0 Å². The average molecular weight is 278 g/mol. The molecule has 4 heteroatoms. The highest BCUT2D eigenvalue weighted by Gasteiger charge is 2.54. The van der Waals surface area contributed by atoms with Crippen molar-refractivity contribution in [3.05, 3.63) is 0 Å². The molecule has 4 unspecified atom stereocenters. The molecule has 1 saturated heterocycles. The van der Waals surface area contributed by atoms with Crippen LogP contribution in [0.1, 0.15) is 52.9 Å². The maximum atomic E-state index is 12.9. The summed E-state index contributed by atoms with van der Waals surface area (Å²) in [5, 5.41) is 2.97. The number of carbonyl (C=O) groups is 2. The third-order valence-corrected chi connectivity index (χ3v) is 5.60. The molecule has 2 aliphatic carbocycles. The molecule has 1 N–H and O–H groups in total. The molecule has 3 fully saturated rings. The molecule has 2 saturated carbocycles. The van der Waals surface area contributed by atoms with E-state index in [1.165, 1.54) is 6.42 Å². The lowest BCUT2D eigenvalue weighted by Gasteiger charge is -2.47. The lowest BCUT2D eigenvalue weighted by atomic mass is 9.78. The van der Waals surface area contributed by atoms with Crippen molar-refractivity contribution < 1.29 is 9.59 Å². The van der Waals surface area contributed by atoms with Gasteiger partial charge in [0.25, 0.3) is 0 Å². The molecule has 4 nitrogen and oxygen atoms in total. The lowest BCUT2D eigenvalue weighted by molar-refractivity contribution is -0.154. The molecule has 0 aromatic heterocycles. The van der Waals surface area contributed by atoms with Crippen molar-refractivity contribution in [3.8, 4) is 0 Å². The lowest BCUT2D eigenvalue weighted by Crippen LogP contribution is -2.69. The van der Waals surface area contributed by atoms with Crippen LogP contribution in [-0.4, -0.2) is 34.8 Å². The zero-order chi connectivity index (χ0) is 14.5. The van der Waals surface area contributed by atoms with Gasteiger partial charge in [-0.05, 0) is 56.8 Å². The van der Waals surface area contributed by atoms with Crippen LogP contribution in [0.4, 0.5) is 0 Å². The Morgan fingerprint density at radius 3 is 2.45 bits per heavy atom. The minimum Gasteiger partial charge on any atom is -0.340 e. The minimum atomic E-state index is -0.641. The van der Waals surface area contributed by atoms with Gasteiger partial charge < -0.3 is 10.2 Å². The molecule has 2 amide bonds. The van der Waals surface area contributed by atoms with E-state index < -0.39 is 5.54 Å². The number of nitrogens with zero attached hydrogens (tertiary/aromatic N) is 1. The van der Waals surface area contributed by atoms with Crippen molar-refractivity contribution in [1.29, 1.82) is 0 Å². The van der Waals surface area contributed by atoms with E-state index in [2.05, 4.69) is 19.2 Å². The van der Waals surface area contributed by atoms with Crippen molar-refractivity contribution in [2.45, 2.75) is 64.5 Å². The summed E-state index contributed by atoms with van der Waals surface area (Å²) < 4.78 is 0. The molecular weight excluding hydrogens is 252 g/mol. The van der Waals surface area contributed by atoms with Gasteiger partial charge in [0, 0.05) is 6.04 Å². The van der Waals surface area contributed by atoms with Crippen LogP contribution in [0.25, 0.3) is 0 Å². The standard InChI is InChI=1S/C16H26N2O2/c1-10-4-7-13(11(2)8-10)18-9-14(19)17-16(3,15(18)20)12-5-6-12/h10-13H,4-9H2,1-3H3,(H,17,19). The maximum Gasteiger partial charge on any atom is 0.249 e. The fourth-order valence-corrected chi connectivity index (χ4v) is 4.23. The molecule has 1 aliphatic heterocycles. The first-order valence-electron chi connectivity index (χ1n) is 8.04. The Labute approximate surface area is 121 Å². The number of rotatable bonds is 2. The second-order valence-corrected chi connectivity index (χ2v) is 7.42. The van der Waals surface area contributed by atoms with Gasteiger partial charge in [0.2, 0.25) is 11.8 Å². The predicted molar refractivity (Wildman–Crippen MR) is 77.0 cm³/mol. The first-order valence-corrected chi connectivity index (χ1v) is 8.04. The number of hydrogen-bond acceptors (Lipinski definition) is 2. The normalized spacial score (nSPS) is 42.5. The van der Waals surface area contributed by atoms with Gasteiger partial charge in [0.15, 0.2) is 0 Å². The summed E-state index contributed by atoms with van der Waals surface area (Å²) in [5.41, 5.74) is -0.641. The third-order valence-electron chi connectivity index (χ3n) is 5.60. The van der Waals surface area contributed by atoms with E-state index in [4.69, 9.17) is 0 Å². The molecule has 1 heterocycles. The van der Waals surface area contributed by atoms with Crippen LogP contribution in [0.3, 0.4) is 0 Å². The van der Waals surface area contributed by atoms with Crippen molar-refractivity contribution in [1.82, 2.24) is 10.2 Å². The van der Waals surface area contributed by atoms with Crippen molar-refractivity contribution in [2.75, 3.05) is 6.54 Å². The van der Waals surface area contributed by atoms with Gasteiger partial charge in [-0.25, -0.2) is 0 Å². The van der Waals surface area contributed by atoms with E-state index in [1.54, 1.807) is 0 Å². The van der Waals surface area contributed by atoms with Crippen LogP contribution in [0, 0.1) is 17.8 Å². The summed E-state index contributed by atoms with van der Waals surface area (Å²) in [6, 6.07) is 0.253. The molecule has 3 rings (SSSR count). The van der Waals surface area contributed by atoms with Crippen LogP contribution in [0.5, 0.6) is 0 Å². The Kier molecular flexibility index (Phi) is 3.30. The van der Waals surface area contributed by atoms with E-state index >= 15 is 0 Å². The van der Waals surface area contributed by atoms with Crippen molar-refractivity contribution >= 4 is 11.8 Å². The summed E-state index contributed by atoms with van der Waals surface area (Å²) in [7, 11) is 0. The van der Waals surface area contributed by atoms with Crippen LogP contribution < -0.4 is 5.32 Å². The molecule has 0 radical (unpaired) electrons. The number of amides is 2. The molecule has 20 heavy (non-hydrogen) atoms. The molecule has 4 atom stereocenters. The van der Waals surface area contributed by atoms with E-state index in [9.17, 15) is 9.59 Å². The second kappa shape index (κ2) is 4.74. The molecule has 3 aliphatic rings. The van der Waals surface area contributed by atoms with Gasteiger partial charge in [0.05, 0.1) is 6.54 Å². The topological polar surface area (TPSA) is 49.4 Å². The van der Waals surface area contributed by atoms with Gasteiger partial charge in [-0.15, -0.1) is 0 Å². The molecule has 0 spiro atoms. The van der Waals surface area contributed by atoms with Crippen LogP contribution in [-0.2, 0) is 9.59 Å². The van der Waals surface area contributed by atoms with Gasteiger partial charge in [-0.3, -0.25) is 9.59 Å². The maximum absolute atomic E-state index is 12.9. The van der Waals surface area contributed by atoms with Crippen LogP contribution >= 0.6 is 0 Å². The second-order valence-electron chi connectivity index (χ2n) is 7.42. The monoisotopic (exact) mass is 278 g/mol.